The standard InChI is InChI=1S/C20H27N/c1-15-5-7-16(8-6-15)19(13-14-21)17-9-11-18(12-10-17)20(2,3)4/h5-12,19H,13-14,21H2,1-4H3. The Morgan fingerprint density at radius 1 is 0.857 bits per heavy atom. The number of rotatable bonds is 4. The number of hydrogen-bond acceptors (Lipinski definition) is 1. The van der Waals surface area contributed by atoms with Gasteiger partial charge in [-0.05, 0) is 42.0 Å². The van der Waals surface area contributed by atoms with Gasteiger partial charge in [-0.15, -0.1) is 0 Å². The molecule has 2 aromatic rings. The Labute approximate surface area is 129 Å². The first-order valence-corrected chi connectivity index (χ1v) is 7.79. The summed E-state index contributed by atoms with van der Waals surface area (Å²) in [6.45, 7) is 9.58. The first-order chi connectivity index (χ1) is 9.91. The minimum atomic E-state index is 0.200. The molecule has 2 N–H and O–H groups in total. The van der Waals surface area contributed by atoms with Gasteiger partial charge in [0.2, 0.25) is 0 Å². The number of aryl methyl sites for hydroxylation is 1. The molecule has 0 saturated carbocycles. The molecule has 0 saturated heterocycles. The van der Waals surface area contributed by atoms with Gasteiger partial charge in [-0.2, -0.15) is 0 Å². The van der Waals surface area contributed by atoms with Gasteiger partial charge < -0.3 is 5.73 Å². The van der Waals surface area contributed by atoms with Gasteiger partial charge in [0.05, 0.1) is 0 Å². The normalized spacial score (nSPS) is 13.2. The lowest BCUT2D eigenvalue weighted by Gasteiger charge is -2.22. The minimum Gasteiger partial charge on any atom is -0.330 e. The third-order valence-electron chi connectivity index (χ3n) is 4.11. The van der Waals surface area contributed by atoms with Crippen molar-refractivity contribution in [2.24, 2.45) is 5.73 Å². The molecule has 0 aliphatic rings. The molecular weight excluding hydrogens is 254 g/mol. The second kappa shape index (κ2) is 6.44. The summed E-state index contributed by atoms with van der Waals surface area (Å²) in [5.41, 5.74) is 11.4. The zero-order valence-corrected chi connectivity index (χ0v) is 13.7. The van der Waals surface area contributed by atoms with Gasteiger partial charge >= 0.3 is 0 Å². The van der Waals surface area contributed by atoms with E-state index in [1.165, 1.54) is 22.3 Å². The lowest BCUT2D eigenvalue weighted by Crippen LogP contribution is -2.12. The van der Waals surface area contributed by atoms with Crippen molar-refractivity contribution in [1.29, 1.82) is 0 Å². The number of benzene rings is 2. The van der Waals surface area contributed by atoms with Crippen LogP contribution >= 0.6 is 0 Å². The van der Waals surface area contributed by atoms with Crippen LogP contribution in [0.4, 0.5) is 0 Å². The van der Waals surface area contributed by atoms with E-state index in [0.717, 1.165) is 6.42 Å². The van der Waals surface area contributed by atoms with Crippen LogP contribution in [-0.2, 0) is 5.41 Å². The van der Waals surface area contributed by atoms with Crippen molar-refractivity contribution >= 4 is 0 Å². The number of hydrogen-bond donors (Lipinski definition) is 1. The summed E-state index contributed by atoms with van der Waals surface area (Å²) in [5, 5.41) is 0. The summed E-state index contributed by atoms with van der Waals surface area (Å²) in [5.74, 6) is 0.393. The molecule has 1 nitrogen and oxygen atoms in total. The molecule has 21 heavy (non-hydrogen) atoms. The Kier molecular flexibility index (Phi) is 4.84. The smallest absolute Gasteiger partial charge is 0.0101 e. The largest absolute Gasteiger partial charge is 0.330 e. The summed E-state index contributed by atoms with van der Waals surface area (Å²) in [4.78, 5) is 0. The summed E-state index contributed by atoms with van der Waals surface area (Å²) in [6.07, 6.45) is 0.984. The first kappa shape index (κ1) is 15.8. The minimum absolute atomic E-state index is 0.200. The predicted octanol–water partition coefficient (Wildman–Crippen LogP) is 4.77. The van der Waals surface area contributed by atoms with Crippen molar-refractivity contribution in [2.75, 3.05) is 6.54 Å². The van der Waals surface area contributed by atoms with E-state index in [0.29, 0.717) is 12.5 Å². The molecule has 0 bridgehead atoms. The molecule has 0 radical (unpaired) electrons. The molecule has 112 valence electrons. The summed E-state index contributed by atoms with van der Waals surface area (Å²) < 4.78 is 0. The third-order valence-corrected chi connectivity index (χ3v) is 4.11. The average Bonchev–Trinajstić information content (AvgIpc) is 2.45. The van der Waals surface area contributed by atoms with Crippen LogP contribution in [-0.4, -0.2) is 6.54 Å². The monoisotopic (exact) mass is 281 g/mol. The van der Waals surface area contributed by atoms with Crippen LogP contribution < -0.4 is 5.73 Å². The highest BCUT2D eigenvalue weighted by molar-refractivity contribution is 5.36. The average molecular weight is 281 g/mol. The fraction of sp³-hybridized carbons (Fsp3) is 0.400. The van der Waals surface area contributed by atoms with Gasteiger partial charge in [0.15, 0.2) is 0 Å². The van der Waals surface area contributed by atoms with Crippen molar-refractivity contribution in [3.05, 3.63) is 70.8 Å². The van der Waals surface area contributed by atoms with Gasteiger partial charge in [0, 0.05) is 5.92 Å². The van der Waals surface area contributed by atoms with E-state index in [2.05, 4.69) is 76.2 Å². The van der Waals surface area contributed by atoms with Crippen molar-refractivity contribution in [3.8, 4) is 0 Å². The van der Waals surface area contributed by atoms with E-state index in [1.54, 1.807) is 0 Å². The van der Waals surface area contributed by atoms with E-state index < -0.39 is 0 Å². The molecule has 0 fully saturated rings. The van der Waals surface area contributed by atoms with Gasteiger partial charge in [0.1, 0.15) is 0 Å². The molecule has 0 aromatic heterocycles. The Morgan fingerprint density at radius 2 is 1.33 bits per heavy atom. The molecular formula is C20H27N. The molecule has 2 rings (SSSR count). The molecule has 1 unspecified atom stereocenters. The highest BCUT2D eigenvalue weighted by Gasteiger charge is 2.16. The van der Waals surface area contributed by atoms with Crippen LogP contribution in [0.5, 0.6) is 0 Å². The fourth-order valence-corrected chi connectivity index (χ4v) is 2.71. The van der Waals surface area contributed by atoms with Crippen LogP contribution in [0.25, 0.3) is 0 Å². The summed E-state index contributed by atoms with van der Waals surface area (Å²) in [7, 11) is 0. The van der Waals surface area contributed by atoms with Crippen LogP contribution in [0.1, 0.15) is 55.4 Å². The molecule has 1 heteroatoms. The summed E-state index contributed by atoms with van der Waals surface area (Å²) >= 11 is 0. The molecule has 0 amide bonds. The second-order valence-electron chi connectivity index (χ2n) is 6.91. The third kappa shape index (κ3) is 3.95. The molecule has 1 atom stereocenters. The summed E-state index contributed by atoms with van der Waals surface area (Å²) in [6, 6.07) is 17.9. The van der Waals surface area contributed by atoms with Crippen LogP contribution in [0, 0.1) is 6.92 Å². The molecule has 2 aromatic carbocycles. The Bertz CT molecular complexity index is 558. The van der Waals surface area contributed by atoms with E-state index in [-0.39, 0.29) is 5.41 Å². The maximum Gasteiger partial charge on any atom is 0.0101 e. The molecule has 0 aliphatic heterocycles. The highest BCUT2D eigenvalue weighted by Crippen LogP contribution is 2.30. The quantitative estimate of drug-likeness (QED) is 0.858. The van der Waals surface area contributed by atoms with E-state index in [9.17, 15) is 0 Å². The van der Waals surface area contributed by atoms with Crippen molar-refractivity contribution in [2.45, 2.75) is 45.4 Å². The van der Waals surface area contributed by atoms with E-state index >= 15 is 0 Å². The van der Waals surface area contributed by atoms with Crippen molar-refractivity contribution in [3.63, 3.8) is 0 Å². The second-order valence-corrected chi connectivity index (χ2v) is 6.91. The topological polar surface area (TPSA) is 26.0 Å². The van der Waals surface area contributed by atoms with Crippen LogP contribution in [0.3, 0.4) is 0 Å². The maximum atomic E-state index is 5.83. The van der Waals surface area contributed by atoms with Gasteiger partial charge in [-0.1, -0.05) is 74.9 Å². The molecule has 0 spiro atoms. The number of nitrogens with two attached hydrogens (primary N) is 1. The van der Waals surface area contributed by atoms with E-state index in [4.69, 9.17) is 5.73 Å². The molecule has 0 heterocycles. The van der Waals surface area contributed by atoms with Gasteiger partial charge in [-0.25, -0.2) is 0 Å². The van der Waals surface area contributed by atoms with Crippen LogP contribution in [0.2, 0.25) is 0 Å². The lowest BCUT2D eigenvalue weighted by atomic mass is 9.83. The Hall–Kier alpha value is -1.60. The fourth-order valence-electron chi connectivity index (χ4n) is 2.71. The SMILES string of the molecule is Cc1ccc(C(CCN)c2ccc(C(C)(C)C)cc2)cc1. The van der Waals surface area contributed by atoms with Crippen LogP contribution in [0.15, 0.2) is 48.5 Å². The Balaban J connectivity index is 2.32. The van der Waals surface area contributed by atoms with Gasteiger partial charge in [0.25, 0.3) is 0 Å². The highest BCUT2D eigenvalue weighted by atomic mass is 14.5. The maximum absolute atomic E-state index is 5.83. The first-order valence-electron chi connectivity index (χ1n) is 7.79. The van der Waals surface area contributed by atoms with Crippen molar-refractivity contribution < 1.29 is 0 Å². The zero-order valence-electron chi connectivity index (χ0n) is 13.7. The molecule has 0 aliphatic carbocycles. The van der Waals surface area contributed by atoms with Gasteiger partial charge in [-0.3, -0.25) is 0 Å². The lowest BCUT2D eigenvalue weighted by molar-refractivity contribution is 0.589. The Morgan fingerprint density at radius 3 is 1.76 bits per heavy atom. The predicted molar refractivity (Wildman–Crippen MR) is 91.8 cm³/mol. The zero-order chi connectivity index (χ0) is 15.5. The van der Waals surface area contributed by atoms with Crippen molar-refractivity contribution in [1.82, 2.24) is 0 Å². The van der Waals surface area contributed by atoms with E-state index in [1.807, 2.05) is 0 Å².